The highest BCUT2D eigenvalue weighted by Gasteiger charge is 2.07. The lowest BCUT2D eigenvalue weighted by Gasteiger charge is -2.08. The van der Waals surface area contributed by atoms with E-state index in [1.54, 1.807) is 19.2 Å². The predicted octanol–water partition coefficient (Wildman–Crippen LogP) is 2.76. The van der Waals surface area contributed by atoms with Crippen LogP contribution in [0.2, 0.25) is 0 Å². The van der Waals surface area contributed by atoms with E-state index in [1.165, 1.54) is 0 Å². The van der Waals surface area contributed by atoms with Crippen molar-refractivity contribution in [1.29, 1.82) is 0 Å². The number of nitro benzene ring substituents is 1. The maximum atomic E-state index is 10.8. The van der Waals surface area contributed by atoms with Crippen molar-refractivity contribution in [2.24, 2.45) is 0 Å². The normalized spacial score (nSPS) is 10.5. The Balaban J connectivity index is 2.23. The Morgan fingerprint density at radius 2 is 2.00 bits per heavy atom. The Kier molecular flexibility index (Phi) is 7.60. The van der Waals surface area contributed by atoms with Gasteiger partial charge in [-0.05, 0) is 31.4 Å². The van der Waals surface area contributed by atoms with Crippen LogP contribution >= 0.6 is 0 Å². The molecule has 6 heteroatoms. The van der Waals surface area contributed by atoms with Gasteiger partial charge in [0.1, 0.15) is 0 Å². The molecule has 0 aliphatic rings. The summed E-state index contributed by atoms with van der Waals surface area (Å²) in [5.41, 5.74) is 1.79. The molecule has 0 unspecified atom stereocenters. The number of benzene rings is 1. The predicted molar refractivity (Wildman–Crippen MR) is 78.3 cm³/mol. The minimum atomic E-state index is -0.373. The standard InChI is InChI=1S/C14H22N2O4/c1-12-9-13(11-14(10-12)16(17)18)15-5-3-4-6-20-8-7-19-2/h9-11,15H,3-8H2,1-2H3. The van der Waals surface area contributed by atoms with E-state index >= 15 is 0 Å². The number of ether oxygens (including phenoxy) is 2. The fraction of sp³-hybridized carbons (Fsp3) is 0.571. The second kappa shape index (κ2) is 9.28. The van der Waals surface area contributed by atoms with Gasteiger partial charge >= 0.3 is 0 Å². The van der Waals surface area contributed by atoms with Crippen molar-refractivity contribution >= 4 is 11.4 Å². The van der Waals surface area contributed by atoms with Crippen LogP contribution in [0, 0.1) is 17.0 Å². The van der Waals surface area contributed by atoms with Crippen LogP contribution in [0.15, 0.2) is 18.2 Å². The maximum absolute atomic E-state index is 10.8. The van der Waals surface area contributed by atoms with Crippen molar-refractivity contribution in [3.05, 3.63) is 33.9 Å². The van der Waals surface area contributed by atoms with Gasteiger partial charge in [0.2, 0.25) is 0 Å². The Hall–Kier alpha value is -1.66. The third kappa shape index (κ3) is 6.49. The quantitative estimate of drug-likeness (QED) is 0.406. The lowest BCUT2D eigenvalue weighted by molar-refractivity contribution is -0.384. The number of non-ortho nitro benzene ring substituents is 1. The lowest BCUT2D eigenvalue weighted by Crippen LogP contribution is -2.06. The zero-order chi connectivity index (χ0) is 14.8. The number of nitrogens with one attached hydrogen (secondary N) is 1. The van der Waals surface area contributed by atoms with Gasteiger partial charge in [0.25, 0.3) is 5.69 Å². The van der Waals surface area contributed by atoms with Crippen LogP contribution in [-0.2, 0) is 9.47 Å². The van der Waals surface area contributed by atoms with Crippen LogP contribution in [0.3, 0.4) is 0 Å². The molecule has 0 saturated carbocycles. The summed E-state index contributed by atoms with van der Waals surface area (Å²) in [5, 5.41) is 14.0. The van der Waals surface area contributed by atoms with Crippen molar-refractivity contribution in [2.75, 3.05) is 38.8 Å². The fourth-order valence-electron chi connectivity index (χ4n) is 1.78. The first-order valence-electron chi connectivity index (χ1n) is 6.70. The van der Waals surface area contributed by atoms with Gasteiger partial charge in [0, 0.05) is 38.1 Å². The number of nitrogens with zero attached hydrogens (tertiary/aromatic N) is 1. The molecule has 0 amide bonds. The van der Waals surface area contributed by atoms with Crippen molar-refractivity contribution in [1.82, 2.24) is 0 Å². The maximum Gasteiger partial charge on any atom is 0.271 e. The van der Waals surface area contributed by atoms with Crippen LogP contribution in [0.5, 0.6) is 0 Å². The smallest absolute Gasteiger partial charge is 0.271 e. The van der Waals surface area contributed by atoms with Crippen LogP contribution in [0.1, 0.15) is 18.4 Å². The van der Waals surface area contributed by atoms with Gasteiger partial charge in [0.05, 0.1) is 18.1 Å². The molecule has 0 heterocycles. The summed E-state index contributed by atoms with van der Waals surface area (Å²) in [5.74, 6) is 0. The second-order valence-corrected chi connectivity index (χ2v) is 4.55. The minimum absolute atomic E-state index is 0.121. The van der Waals surface area contributed by atoms with Gasteiger partial charge in [-0.1, -0.05) is 0 Å². The first-order valence-corrected chi connectivity index (χ1v) is 6.70. The van der Waals surface area contributed by atoms with Gasteiger partial charge in [-0.15, -0.1) is 0 Å². The zero-order valence-electron chi connectivity index (χ0n) is 12.1. The van der Waals surface area contributed by atoms with Crippen LogP contribution in [0.25, 0.3) is 0 Å². The summed E-state index contributed by atoms with van der Waals surface area (Å²) in [6.07, 6.45) is 1.90. The highest BCUT2D eigenvalue weighted by atomic mass is 16.6. The summed E-state index contributed by atoms with van der Waals surface area (Å²) < 4.78 is 10.2. The van der Waals surface area contributed by atoms with Crippen molar-refractivity contribution in [2.45, 2.75) is 19.8 Å². The fourth-order valence-corrected chi connectivity index (χ4v) is 1.78. The highest BCUT2D eigenvalue weighted by molar-refractivity contribution is 5.53. The summed E-state index contributed by atoms with van der Waals surface area (Å²) >= 11 is 0. The number of anilines is 1. The molecular formula is C14H22N2O4. The van der Waals surface area contributed by atoms with E-state index in [4.69, 9.17) is 9.47 Å². The van der Waals surface area contributed by atoms with E-state index in [9.17, 15) is 10.1 Å². The van der Waals surface area contributed by atoms with E-state index in [1.807, 2.05) is 13.0 Å². The Morgan fingerprint density at radius 3 is 2.70 bits per heavy atom. The van der Waals surface area contributed by atoms with E-state index < -0.39 is 0 Å². The van der Waals surface area contributed by atoms with E-state index in [2.05, 4.69) is 5.32 Å². The van der Waals surface area contributed by atoms with Gasteiger partial charge in [-0.3, -0.25) is 10.1 Å². The molecular weight excluding hydrogens is 260 g/mol. The number of rotatable bonds is 10. The SMILES string of the molecule is COCCOCCCCNc1cc(C)cc([N+](=O)[O-])c1. The van der Waals surface area contributed by atoms with E-state index in [0.717, 1.165) is 30.6 Å². The number of nitro groups is 1. The average molecular weight is 282 g/mol. The summed E-state index contributed by atoms with van der Waals surface area (Å²) in [6.45, 7) is 4.56. The average Bonchev–Trinajstić information content (AvgIpc) is 2.41. The van der Waals surface area contributed by atoms with Crippen molar-refractivity contribution < 1.29 is 14.4 Å². The molecule has 0 radical (unpaired) electrons. The molecule has 0 aliphatic heterocycles. The first kappa shape index (κ1) is 16.4. The first-order chi connectivity index (χ1) is 9.63. The Morgan fingerprint density at radius 1 is 1.20 bits per heavy atom. The van der Waals surface area contributed by atoms with Crippen LogP contribution in [-0.4, -0.2) is 38.4 Å². The topological polar surface area (TPSA) is 73.6 Å². The van der Waals surface area contributed by atoms with Gasteiger partial charge in [0.15, 0.2) is 0 Å². The Labute approximate surface area is 119 Å². The Bertz CT molecular complexity index is 424. The van der Waals surface area contributed by atoms with E-state index in [-0.39, 0.29) is 10.6 Å². The molecule has 1 aromatic rings. The molecule has 0 spiro atoms. The van der Waals surface area contributed by atoms with Crippen LogP contribution in [0.4, 0.5) is 11.4 Å². The summed E-state index contributed by atoms with van der Waals surface area (Å²) in [6, 6.07) is 5.03. The van der Waals surface area contributed by atoms with Gasteiger partial charge < -0.3 is 14.8 Å². The minimum Gasteiger partial charge on any atom is -0.385 e. The van der Waals surface area contributed by atoms with Crippen molar-refractivity contribution in [3.8, 4) is 0 Å². The summed E-state index contributed by atoms with van der Waals surface area (Å²) in [4.78, 5) is 10.4. The molecule has 1 aromatic carbocycles. The molecule has 20 heavy (non-hydrogen) atoms. The number of hydrogen-bond acceptors (Lipinski definition) is 5. The monoisotopic (exact) mass is 282 g/mol. The van der Waals surface area contributed by atoms with Gasteiger partial charge in [-0.25, -0.2) is 0 Å². The zero-order valence-corrected chi connectivity index (χ0v) is 12.1. The lowest BCUT2D eigenvalue weighted by atomic mass is 10.2. The number of unbranched alkanes of at least 4 members (excludes halogenated alkanes) is 1. The second-order valence-electron chi connectivity index (χ2n) is 4.55. The number of hydrogen-bond donors (Lipinski definition) is 1. The van der Waals surface area contributed by atoms with Crippen LogP contribution < -0.4 is 5.32 Å². The summed E-state index contributed by atoms with van der Waals surface area (Å²) in [7, 11) is 1.65. The molecule has 1 N–H and O–H groups in total. The molecule has 0 atom stereocenters. The molecule has 6 nitrogen and oxygen atoms in total. The van der Waals surface area contributed by atoms with Gasteiger partial charge in [-0.2, -0.15) is 0 Å². The molecule has 1 rings (SSSR count). The molecule has 0 bridgehead atoms. The third-order valence-electron chi connectivity index (χ3n) is 2.75. The highest BCUT2D eigenvalue weighted by Crippen LogP contribution is 2.20. The van der Waals surface area contributed by atoms with Crippen molar-refractivity contribution in [3.63, 3.8) is 0 Å². The molecule has 0 aliphatic carbocycles. The molecule has 0 aromatic heterocycles. The largest absolute Gasteiger partial charge is 0.385 e. The molecule has 0 fully saturated rings. The third-order valence-corrected chi connectivity index (χ3v) is 2.75. The number of methoxy groups -OCH3 is 1. The molecule has 0 saturated heterocycles. The van der Waals surface area contributed by atoms with E-state index in [0.29, 0.717) is 19.8 Å². The molecule has 112 valence electrons. The number of aryl methyl sites for hydroxylation is 1.